The van der Waals surface area contributed by atoms with Gasteiger partial charge in [-0.3, -0.25) is 14.6 Å². The van der Waals surface area contributed by atoms with E-state index in [-0.39, 0.29) is 6.54 Å². The summed E-state index contributed by atoms with van der Waals surface area (Å²) in [5, 5.41) is 8.92. The summed E-state index contributed by atoms with van der Waals surface area (Å²) in [6.45, 7) is 2.03. The fourth-order valence-electron chi connectivity index (χ4n) is 4.57. The second-order valence-electron chi connectivity index (χ2n) is 8.60. The van der Waals surface area contributed by atoms with Gasteiger partial charge in [-0.05, 0) is 11.1 Å². The summed E-state index contributed by atoms with van der Waals surface area (Å²) in [6, 6.07) is 14.6. The molecule has 0 unspecified atom stereocenters. The summed E-state index contributed by atoms with van der Waals surface area (Å²) >= 11 is 0. The lowest BCUT2D eigenvalue weighted by Crippen LogP contribution is -2.59. The molecule has 0 spiro atoms. The van der Waals surface area contributed by atoms with Crippen molar-refractivity contribution in [2.24, 2.45) is 10.3 Å². The van der Waals surface area contributed by atoms with Gasteiger partial charge in [-0.2, -0.15) is 0 Å². The first-order valence-corrected chi connectivity index (χ1v) is 14.3. The Morgan fingerprint density at radius 2 is 1.33 bits per heavy atom. The lowest BCUT2D eigenvalue weighted by molar-refractivity contribution is -0.162. The van der Waals surface area contributed by atoms with Gasteiger partial charge in [-0.15, -0.1) is 5.11 Å². The molecule has 2 aliphatic rings. The second kappa shape index (κ2) is 9.62. The molecular formula is C23H25N3O8S2. The number of benzene rings is 2. The molecule has 0 amide bonds. The standard InChI is InChI=1S/C23H25N3O8S2/c1-16(27)33-20-13-26-22(21(20)34-17(2)28)23(24-25-26,35(29,30)14-18-9-5-3-6-10-18)36(31,32)15-19-11-7-4-8-12-19/h3-12,20-22H,13-15H2,1-2H3/t20-,21+,22+/m1/s1. The van der Waals surface area contributed by atoms with E-state index >= 15 is 0 Å². The number of fused-ring (bicyclic) bond motifs is 1. The van der Waals surface area contributed by atoms with Crippen LogP contribution in [-0.2, 0) is 50.2 Å². The fraction of sp³-hybridized carbons (Fsp3) is 0.391. The first-order valence-electron chi connectivity index (χ1n) is 11.0. The molecule has 0 N–H and O–H groups in total. The van der Waals surface area contributed by atoms with Crippen LogP contribution in [0.25, 0.3) is 0 Å². The van der Waals surface area contributed by atoms with E-state index < -0.39 is 65.6 Å². The third kappa shape index (κ3) is 4.60. The Kier molecular flexibility index (Phi) is 6.88. The predicted molar refractivity (Wildman–Crippen MR) is 127 cm³/mol. The Labute approximate surface area is 208 Å². The van der Waals surface area contributed by atoms with Gasteiger partial charge in [-0.1, -0.05) is 65.9 Å². The number of carbonyl (C=O) groups excluding carboxylic acids is 2. The van der Waals surface area contributed by atoms with Crippen molar-refractivity contribution >= 4 is 31.6 Å². The highest BCUT2D eigenvalue weighted by Crippen LogP contribution is 2.47. The Morgan fingerprint density at radius 1 is 0.861 bits per heavy atom. The van der Waals surface area contributed by atoms with E-state index in [2.05, 4.69) is 10.3 Å². The molecule has 192 valence electrons. The highest BCUT2D eigenvalue weighted by Gasteiger charge is 2.72. The first kappa shape index (κ1) is 25.8. The number of esters is 2. The highest BCUT2D eigenvalue weighted by atomic mass is 32.3. The smallest absolute Gasteiger partial charge is 0.308 e. The summed E-state index contributed by atoms with van der Waals surface area (Å²) in [5.41, 5.74) is 0.693. The Balaban J connectivity index is 1.88. The summed E-state index contributed by atoms with van der Waals surface area (Å²) in [7, 11) is -9.30. The van der Waals surface area contributed by atoms with Crippen molar-refractivity contribution in [2.45, 2.75) is 47.8 Å². The minimum absolute atomic E-state index is 0.199. The van der Waals surface area contributed by atoms with Crippen LogP contribution in [0, 0.1) is 0 Å². The summed E-state index contributed by atoms with van der Waals surface area (Å²) in [5.74, 6) is -2.83. The van der Waals surface area contributed by atoms with Crippen LogP contribution >= 0.6 is 0 Å². The zero-order valence-corrected chi connectivity index (χ0v) is 21.2. The first-order chi connectivity index (χ1) is 17.0. The van der Waals surface area contributed by atoms with Crippen LogP contribution in [0.15, 0.2) is 71.0 Å². The Morgan fingerprint density at radius 3 is 1.78 bits per heavy atom. The van der Waals surface area contributed by atoms with Crippen LogP contribution in [0.2, 0.25) is 0 Å². The van der Waals surface area contributed by atoms with Crippen molar-refractivity contribution in [1.29, 1.82) is 0 Å². The molecule has 0 radical (unpaired) electrons. The number of nitrogens with zero attached hydrogens (tertiary/aromatic N) is 3. The molecule has 1 saturated heterocycles. The topological polar surface area (TPSA) is 149 Å². The Hall–Kier alpha value is -3.32. The van der Waals surface area contributed by atoms with Crippen LogP contribution in [0.3, 0.4) is 0 Å². The maximum Gasteiger partial charge on any atom is 0.308 e. The van der Waals surface area contributed by atoms with E-state index in [1.807, 2.05) is 0 Å². The van der Waals surface area contributed by atoms with E-state index in [1.54, 1.807) is 60.7 Å². The predicted octanol–water partition coefficient (Wildman–Crippen LogP) is 1.80. The number of hydrogen-bond acceptors (Lipinski definition) is 11. The van der Waals surface area contributed by atoms with Crippen molar-refractivity contribution in [3.05, 3.63) is 71.8 Å². The minimum Gasteiger partial charge on any atom is -0.457 e. The molecule has 13 heteroatoms. The number of ether oxygens (including phenoxy) is 2. The molecule has 4 rings (SSSR count). The molecule has 11 nitrogen and oxygen atoms in total. The van der Waals surface area contributed by atoms with Gasteiger partial charge in [-0.25, -0.2) is 16.8 Å². The lowest BCUT2D eigenvalue weighted by atomic mass is 10.1. The van der Waals surface area contributed by atoms with Crippen LogP contribution in [-0.4, -0.2) is 62.8 Å². The molecule has 2 aromatic rings. The molecule has 1 fully saturated rings. The summed E-state index contributed by atoms with van der Waals surface area (Å²) in [6.07, 6.45) is -2.59. The third-order valence-corrected chi connectivity index (χ3v) is 11.3. The van der Waals surface area contributed by atoms with E-state index in [9.17, 15) is 26.4 Å². The second-order valence-corrected chi connectivity index (χ2v) is 13.1. The van der Waals surface area contributed by atoms with Crippen molar-refractivity contribution in [2.75, 3.05) is 6.54 Å². The molecule has 3 atom stereocenters. The van der Waals surface area contributed by atoms with E-state index in [1.165, 1.54) is 0 Å². The summed E-state index contributed by atoms with van der Waals surface area (Å²) < 4.78 is 64.1. The lowest BCUT2D eigenvalue weighted by Gasteiger charge is -2.33. The van der Waals surface area contributed by atoms with Crippen molar-refractivity contribution in [1.82, 2.24) is 5.01 Å². The maximum atomic E-state index is 14.1. The molecular weight excluding hydrogens is 510 g/mol. The monoisotopic (exact) mass is 535 g/mol. The van der Waals surface area contributed by atoms with Crippen LogP contribution in [0.5, 0.6) is 0 Å². The molecule has 0 saturated carbocycles. The molecule has 2 aliphatic heterocycles. The van der Waals surface area contributed by atoms with E-state index in [0.717, 1.165) is 18.9 Å². The number of hydrogen-bond donors (Lipinski definition) is 0. The quantitative estimate of drug-likeness (QED) is 0.461. The highest BCUT2D eigenvalue weighted by molar-refractivity contribution is 8.09. The zero-order valence-electron chi connectivity index (χ0n) is 19.6. The van der Waals surface area contributed by atoms with Crippen molar-refractivity contribution in [3.63, 3.8) is 0 Å². The summed E-state index contributed by atoms with van der Waals surface area (Å²) in [4.78, 5) is 23.7. The molecule has 2 heterocycles. The largest absolute Gasteiger partial charge is 0.457 e. The van der Waals surface area contributed by atoms with Gasteiger partial charge in [0.1, 0.15) is 6.04 Å². The molecule has 0 aliphatic carbocycles. The molecule has 2 aromatic carbocycles. The van der Waals surface area contributed by atoms with Crippen LogP contribution in [0.1, 0.15) is 25.0 Å². The molecule has 0 aromatic heterocycles. The number of sulfone groups is 2. The maximum absolute atomic E-state index is 14.1. The third-order valence-electron chi connectivity index (χ3n) is 5.95. The van der Waals surface area contributed by atoms with E-state index in [0.29, 0.717) is 11.1 Å². The van der Waals surface area contributed by atoms with Gasteiger partial charge in [0, 0.05) is 13.8 Å². The van der Waals surface area contributed by atoms with Crippen molar-refractivity contribution < 1.29 is 35.9 Å². The van der Waals surface area contributed by atoms with Crippen molar-refractivity contribution in [3.8, 4) is 0 Å². The van der Waals surface area contributed by atoms with Gasteiger partial charge < -0.3 is 9.47 Å². The molecule has 0 bridgehead atoms. The SMILES string of the molecule is CC(=O)O[C@@H]1[C@@H]2N(C[C@H]1OC(C)=O)N=NC2(S(=O)(=O)Cc1ccccc1)S(=O)(=O)Cc1ccccc1. The average Bonchev–Trinajstić information content (AvgIpc) is 3.33. The molecule has 36 heavy (non-hydrogen) atoms. The minimum atomic E-state index is -4.65. The Bertz CT molecular complexity index is 1310. The van der Waals surface area contributed by atoms with E-state index in [4.69, 9.17) is 9.47 Å². The van der Waals surface area contributed by atoms with Gasteiger partial charge in [0.2, 0.25) is 0 Å². The van der Waals surface area contributed by atoms with Gasteiger partial charge in [0.05, 0.1) is 18.1 Å². The zero-order chi connectivity index (χ0) is 26.1. The average molecular weight is 536 g/mol. The van der Waals surface area contributed by atoms with Gasteiger partial charge in [0.15, 0.2) is 31.9 Å². The van der Waals surface area contributed by atoms with Gasteiger partial charge in [0.25, 0.3) is 0 Å². The number of rotatable bonds is 8. The van der Waals surface area contributed by atoms with Gasteiger partial charge >= 0.3 is 16.1 Å². The van der Waals surface area contributed by atoms with Crippen LogP contribution in [0.4, 0.5) is 0 Å². The number of carbonyl (C=O) groups is 2. The fourth-order valence-corrected chi connectivity index (χ4v) is 9.72. The normalized spacial score (nSPS) is 22.7. The van der Waals surface area contributed by atoms with Crippen LogP contribution < -0.4 is 0 Å².